The van der Waals surface area contributed by atoms with Crippen LogP contribution in [0.5, 0.6) is 0 Å². The summed E-state index contributed by atoms with van der Waals surface area (Å²) >= 11 is 0. The molecule has 7 heteroatoms. The lowest BCUT2D eigenvalue weighted by molar-refractivity contribution is 0.223. The maximum Gasteiger partial charge on any atom is 0.397 e. The molecule has 0 saturated carbocycles. The van der Waals surface area contributed by atoms with Gasteiger partial charge in [0.25, 0.3) is 0 Å². The van der Waals surface area contributed by atoms with Crippen LogP contribution in [0, 0.1) is 0 Å². The second-order valence-corrected chi connectivity index (χ2v) is 4.61. The van der Waals surface area contributed by atoms with Gasteiger partial charge in [-0.2, -0.15) is 8.42 Å². The van der Waals surface area contributed by atoms with E-state index < -0.39 is 10.4 Å². The first-order valence-corrected chi connectivity index (χ1v) is 6.73. The molecule has 17 heavy (non-hydrogen) atoms. The third-order valence-corrected chi connectivity index (χ3v) is 2.76. The molecule has 1 aromatic heterocycles. The van der Waals surface area contributed by atoms with Crippen LogP contribution in [-0.4, -0.2) is 31.0 Å². The molecule has 0 spiro atoms. The van der Waals surface area contributed by atoms with Gasteiger partial charge < -0.3 is 4.42 Å². The van der Waals surface area contributed by atoms with Crippen LogP contribution in [0.25, 0.3) is 0 Å². The van der Waals surface area contributed by atoms with Crippen molar-refractivity contribution in [3.8, 4) is 0 Å². The zero-order valence-corrected chi connectivity index (χ0v) is 10.7. The molecule has 0 saturated heterocycles. The molecule has 0 aromatic carbocycles. The van der Waals surface area contributed by atoms with Crippen LogP contribution in [0.4, 0.5) is 0 Å². The molecule has 0 fully saturated rings. The highest BCUT2D eigenvalue weighted by Gasteiger charge is 2.09. The molecule has 1 heterocycles. The number of rotatable bonds is 7. The molecule has 0 bridgehead atoms. The van der Waals surface area contributed by atoms with E-state index in [2.05, 4.69) is 22.9 Å². The van der Waals surface area contributed by atoms with Crippen molar-refractivity contribution < 1.29 is 21.6 Å². The maximum absolute atomic E-state index is 10.4. The number of hydrogen-bond donors (Lipinski definition) is 1. The maximum atomic E-state index is 10.4. The SMILES string of the molecule is CCN(CC)Cc1ccc(COS(=O)(=O)O)o1. The summed E-state index contributed by atoms with van der Waals surface area (Å²) in [7, 11) is -4.42. The molecule has 98 valence electrons. The van der Waals surface area contributed by atoms with E-state index in [9.17, 15) is 8.42 Å². The summed E-state index contributed by atoms with van der Waals surface area (Å²) in [4.78, 5) is 2.16. The van der Waals surface area contributed by atoms with Gasteiger partial charge in [-0.15, -0.1) is 0 Å². The van der Waals surface area contributed by atoms with Gasteiger partial charge in [0.1, 0.15) is 18.1 Å². The summed E-state index contributed by atoms with van der Waals surface area (Å²) in [6.07, 6.45) is 0. The van der Waals surface area contributed by atoms with Gasteiger partial charge in [-0.1, -0.05) is 13.8 Å². The molecule has 1 N–H and O–H groups in total. The van der Waals surface area contributed by atoms with Gasteiger partial charge in [0.2, 0.25) is 0 Å². The largest absolute Gasteiger partial charge is 0.462 e. The van der Waals surface area contributed by atoms with E-state index >= 15 is 0 Å². The summed E-state index contributed by atoms with van der Waals surface area (Å²) in [5.74, 6) is 1.10. The summed E-state index contributed by atoms with van der Waals surface area (Å²) in [5, 5.41) is 0. The van der Waals surface area contributed by atoms with Crippen molar-refractivity contribution >= 4 is 10.4 Å². The minimum atomic E-state index is -4.42. The van der Waals surface area contributed by atoms with E-state index in [4.69, 9.17) is 8.97 Å². The summed E-state index contributed by atoms with van der Waals surface area (Å²) in [6, 6.07) is 3.39. The minimum Gasteiger partial charge on any atom is -0.462 e. The summed E-state index contributed by atoms with van der Waals surface area (Å²) in [5.41, 5.74) is 0. The van der Waals surface area contributed by atoms with Gasteiger partial charge in [-0.3, -0.25) is 9.45 Å². The van der Waals surface area contributed by atoms with Crippen molar-refractivity contribution in [1.29, 1.82) is 0 Å². The van der Waals surface area contributed by atoms with Crippen LogP contribution in [0.3, 0.4) is 0 Å². The van der Waals surface area contributed by atoms with E-state index in [0.717, 1.165) is 18.8 Å². The summed E-state index contributed by atoms with van der Waals surface area (Å²) in [6.45, 7) is 6.29. The molecule has 1 rings (SSSR count). The third kappa shape index (κ3) is 5.31. The fourth-order valence-corrected chi connectivity index (χ4v) is 1.65. The fourth-order valence-electron chi connectivity index (χ4n) is 1.39. The topological polar surface area (TPSA) is 80.0 Å². The molecule has 1 aromatic rings. The molecule has 0 atom stereocenters. The van der Waals surface area contributed by atoms with E-state index in [0.29, 0.717) is 12.3 Å². The van der Waals surface area contributed by atoms with Crippen molar-refractivity contribution in [1.82, 2.24) is 4.90 Å². The molecule has 0 unspecified atom stereocenters. The van der Waals surface area contributed by atoms with Crippen molar-refractivity contribution in [3.63, 3.8) is 0 Å². The Labute approximate surface area is 101 Å². The molecule has 0 radical (unpaired) electrons. The Hall–Kier alpha value is -0.890. The lowest BCUT2D eigenvalue weighted by Gasteiger charge is -2.15. The first-order valence-electron chi connectivity index (χ1n) is 5.36. The van der Waals surface area contributed by atoms with Crippen molar-refractivity contribution in [3.05, 3.63) is 23.7 Å². The predicted molar refractivity (Wildman–Crippen MR) is 61.7 cm³/mol. The fraction of sp³-hybridized carbons (Fsp3) is 0.600. The molecule has 0 aliphatic heterocycles. The zero-order chi connectivity index (χ0) is 12.9. The van der Waals surface area contributed by atoms with Crippen LogP contribution >= 0.6 is 0 Å². The van der Waals surface area contributed by atoms with Crippen LogP contribution in [-0.2, 0) is 27.7 Å². The molecule has 6 nitrogen and oxygen atoms in total. The van der Waals surface area contributed by atoms with E-state index in [1.165, 1.54) is 0 Å². The van der Waals surface area contributed by atoms with Crippen molar-refractivity contribution in [2.24, 2.45) is 0 Å². The van der Waals surface area contributed by atoms with E-state index in [-0.39, 0.29) is 6.61 Å². The van der Waals surface area contributed by atoms with Crippen LogP contribution in [0.1, 0.15) is 25.4 Å². The average molecular weight is 263 g/mol. The van der Waals surface area contributed by atoms with Gasteiger partial charge in [-0.05, 0) is 25.2 Å². The lowest BCUT2D eigenvalue weighted by Crippen LogP contribution is -2.21. The van der Waals surface area contributed by atoms with Crippen molar-refractivity contribution in [2.45, 2.75) is 27.0 Å². The Balaban J connectivity index is 2.53. The first-order chi connectivity index (χ1) is 7.94. The predicted octanol–water partition coefficient (Wildman–Crippen LogP) is 1.44. The van der Waals surface area contributed by atoms with Crippen LogP contribution < -0.4 is 0 Å². The molecular weight excluding hydrogens is 246 g/mol. The monoisotopic (exact) mass is 263 g/mol. The Morgan fingerprint density at radius 3 is 2.41 bits per heavy atom. The number of hydrogen-bond acceptors (Lipinski definition) is 5. The second kappa shape index (κ2) is 6.15. The van der Waals surface area contributed by atoms with Gasteiger partial charge in [0, 0.05) is 0 Å². The molecule has 0 amide bonds. The lowest BCUT2D eigenvalue weighted by atomic mass is 10.4. The highest BCUT2D eigenvalue weighted by molar-refractivity contribution is 7.80. The highest BCUT2D eigenvalue weighted by atomic mass is 32.3. The highest BCUT2D eigenvalue weighted by Crippen LogP contribution is 2.12. The van der Waals surface area contributed by atoms with E-state index in [1.54, 1.807) is 12.1 Å². The van der Waals surface area contributed by atoms with E-state index in [1.807, 2.05) is 0 Å². The summed E-state index contributed by atoms with van der Waals surface area (Å²) < 4.78 is 38.7. The molecule has 0 aliphatic rings. The number of nitrogens with zero attached hydrogens (tertiary/aromatic N) is 1. The average Bonchev–Trinajstić information content (AvgIpc) is 2.70. The molecule has 0 aliphatic carbocycles. The second-order valence-electron chi connectivity index (χ2n) is 3.52. The van der Waals surface area contributed by atoms with Gasteiger partial charge in [0.15, 0.2) is 0 Å². The standard InChI is InChI=1S/C10H17NO5S/c1-3-11(4-2)7-9-5-6-10(16-9)8-15-17(12,13)14/h5-6H,3-4,7-8H2,1-2H3,(H,12,13,14). The van der Waals surface area contributed by atoms with Crippen LogP contribution in [0.2, 0.25) is 0 Å². The molecular formula is C10H17NO5S. The van der Waals surface area contributed by atoms with Crippen molar-refractivity contribution in [2.75, 3.05) is 13.1 Å². The van der Waals surface area contributed by atoms with Gasteiger partial charge >= 0.3 is 10.4 Å². The number of furan rings is 1. The Morgan fingerprint density at radius 1 is 1.29 bits per heavy atom. The first kappa shape index (κ1) is 14.2. The quantitative estimate of drug-likeness (QED) is 0.750. The Bertz CT molecular complexity index is 435. The smallest absolute Gasteiger partial charge is 0.397 e. The van der Waals surface area contributed by atoms with Gasteiger partial charge in [0.05, 0.1) is 6.54 Å². The third-order valence-electron chi connectivity index (χ3n) is 2.34. The zero-order valence-electron chi connectivity index (χ0n) is 9.92. The van der Waals surface area contributed by atoms with Gasteiger partial charge in [-0.25, -0.2) is 4.18 Å². The van der Waals surface area contributed by atoms with Crippen LogP contribution in [0.15, 0.2) is 16.5 Å². The normalized spacial score (nSPS) is 12.2. The minimum absolute atomic E-state index is 0.295. The Kier molecular flexibility index (Phi) is 5.13. The Morgan fingerprint density at radius 2 is 1.88 bits per heavy atom.